The predicted molar refractivity (Wildman–Crippen MR) is 140 cm³/mol. The van der Waals surface area contributed by atoms with Crippen LogP contribution in [0.3, 0.4) is 0 Å². The van der Waals surface area contributed by atoms with Gasteiger partial charge in [-0.2, -0.15) is 0 Å². The number of imide groups is 1. The molecule has 10 heteroatoms. The molecule has 2 amide bonds. The zero-order valence-electron chi connectivity index (χ0n) is 21.9. The Morgan fingerprint density at radius 1 is 1.00 bits per heavy atom. The fourth-order valence-electron chi connectivity index (χ4n) is 5.29. The molecule has 200 valence electrons. The smallest absolute Gasteiger partial charge is 0.265 e. The van der Waals surface area contributed by atoms with E-state index in [-0.39, 0.29) is 12.3 Å². The first-order valence-electron chi connectivity index (χ1n) is 13.2. The Kier molecular flexibility index (Phi) is 7.86. The normalized spacial score (nSPS) is 15.7. The van der Waals surface area contributed by atoms with Gasteiger partial charge in [0.05, 0.1) is 32.6 Å². The van der Waals surface area contributed by atoms with Crippen LogP contribution in [0.15, 0.2) is 36.4 Å². The van der Waals surface area contributed by atoms with Crippen LogP contribution in [-0.4, -0.2) is 52.8 Å². The van der Waals surface area contributed by atoms with Gasteiger partial charge < -0.3 is 14.2 Å². The van der Waals surface area contributed by atoms with E-state index in [0.29, 0.717) is 47.6 Å². The molecule has 0 atom stereocenters. The minimum Gasteiger partial charge on any atom is -0.494 e. The highest BCUT2D eigenvalue weighted by Crippen LogP contribution is 2.34. The summed E-state index contributed by atoms with van der Waals surface area (Å²) in [6, 6.07) is 10.8. The van der Waals surface area contributed by atoms with E-state index >= 15 is 0 Å². The fourth-order valence-corrected chi connectivity index (χ4v) is 5.29. The number of methoxy groups -OCH3 is 2. The number of carbonyl (C=O) groups excluding carboxylic acids is 2. The van der Waals surface area contributed by atoms with Gasteiger partial charge in [-0.15, -0.1) is 5.10 Å². The number of benzene rings is 2. The number of nitrogens with zero attached hydrogens (tertiary/aromatic N) is 5. The zero-order chi connectivity index (χ0) is 26.5. The third kappa shape index (κ3) is 5.34. The first-order valence-corrected chi connectivity index (χ1v) is 13.2. The third-order valence-electron chi connectivity index (χ3n) is 7.28. The summed E-state index contributed by atoms with van der Waals surface area (Å²) in [6.07, 6.45) is 8.36. The van der Waals surface area contributed by atoms with E-state index in [1.807, 2.05) is 10.7 Å². The maximum Gasteiger partial charge on any atom is 0.265 e. The van der Waals surface area contributed by atoms with Gasteiger partial charge in [0.2, 0.25) is 5.91 Å². The van der Waals surface area contributed by atoms with Crippen molar-refractivity contribution in [3.05, 3.63) is 53.3 Å². The van der Waals surface area contributed by atoms with Crippen LogP contribution in [0.4, 0.5) is 5.69 Å². The van der Waals surface area contributed by atoms with Crippen LogP contribution < -0.4 is 19.1 Å². The van der Waals surface area contributed by atoms with Gasteiger partial charge in [-0.05, 0) is 78.1 Å². The first kappa shape index (κ1) is 25.7. The number of rotatable bonds is 9. The maximum absolute atomic E-state index is 13.4. The molecule has 2 heterocycles. The van der Waals surface area contributed by atoms with Gasteiger partial charge in [-0.1, -0.05) is 19.3 Å². The Labute approximate surface area is 221 Å². The Morgan fingerprint density at radius 3 is 2.61 bits per heavy atom. The van der Waals surface area contributed by atoms with Gasteiger partial charge >= 0.3 is 0 Å². The molecule has 2 aromatic carbocycles. The lowest BCUT2D eigenvalue weighted by molar-refractivity contribution is -0.118. The fraction of sp³-hybridized carbons (Fsp3) is 0.464. The van der Waals surface area contributed by atoms with Crippen molar-refractivity contribution in [2.24, 2.45) is 0 Å². The molecule has 1 aliphatic carbocycles. The molecule has 5 rings (SSSR count). The average Bonchev–Trinajstić information content (AvgIpc) is 3.43. The Hall–Kier alpha value is -3.95. The molecule has 1 saturated carbocycles. The van der Waals surface area contributed by atoms with E-state index in [1.165, 1.54) is 38.4 Å². The summed E-state index contributed by atoms with van der Waals surface area (Å²) in [6.45, 7) is 0.517. The molecule has 0 unspecified atom stereocenters. The standard InChI is InChI=1S/C28H33N5O5/c1-36-24-14-10-20(18-25(24)37-2)28(35)32-23-13-12-22(17-19(23)11-15-27(32)34)38-16-6-9-26-29-30-31-33(26)21-7-4-3-5-8-21/h10,12-14,17-18,21H,3-9,11,15-16H2,1-2H3. The van der Waals surface area contributed by atoms with Crippen LogP contribution in [0.25, 0.3) is 0 Å². The lowest BCUT2D eigenvalue weighted by Crippen LogP contribution is -2.40. The zero-order valence-corrected chi connectivity index (χ0v) is 21.9. The van der Waals surface area contributed by atoms with Gasteiger partial charge in [-0.25, -0.2) is 9.58 Å². The summed E-state index contributed by atoms with van der Waals surface area (Å²) in [4.78, 5) is 27.4. The largest absolute Gasteiger partial charge is 0.494 e. The van der Waals surface area contributed by atoms with Crippen LogP contribution in [0.5, 0.6) is 17.2 Å². The Morgan fingerprint density at radius 2 is 1.82 bits per heavy atom. The highest BCUT2D eigenvalue weighted by molar-refractivity contribution is 6.22. The molecule has 1 fully saturated rings. The topological polar surface area (TPSA) is 109 Å². The molecular weight excluding hydrogens is 486 g/mol. The van der Waals surface area contributed by atoms with Gasteiger partial charge in [0.25, 0.3) is 5.91 Å². The monoisotopic (exact) mass is 519 g/mol. The van der Waals surface area contributed by atoms with Crippen molar-refractivity contribution in [3.8, 4) is 17.2 Å². The van der Waals surface area contributed by atoms with Gasteiger partial charge in [0, 0.05) is 18.4 Å². The number of carbonyl (C=O) groups is 2. The summed E-state index contributed by atoms with van der Waals surface area (Å²) in [5, 5.41) is 12.4. The summed E-state index contributed by atoms with van der Waals surface area (Å²) >= 11 is 0. The van der Waals surface area contributed by atoms with Crippen LogP contribution in [0, 0.1) is 0 Å². The molecule has 2 aliphatic rings. The van der Waals surface area contributed by atoms with E-state index in [0.717, 1.165) is 37.1 Å². The van der Waals surface area contributed by atoms with E-state index in [9.17, 15) is 9.59 Å². The van der Waals surface area contributed by atoms with Crippen molar-refractivity contribution in [1.82, 2.24) is 20.2 Å². The van der Waals surface area contributed by atoms with E-state index in [1.54, 1.807) is 30.3 Å². The van der Waals surface area contributed by atoms with Crippen molar-refractivity contribution >= 4 is 17.5 Å². The quantitative estimate of drug-likeness (QED) is 0.304. The van der Waals surface area contributed by atoms with Crippen LogP contribution in [0.1, 0.15) is 72.7 Å². The molecule has 3 aromatic rings. The summed E-state index contributed by atoms with van der Waals surface area (Å²) in [5.41, 5.74) is 1.83. The molecule has 0 radical (unpaired) electrons. The van der Waals surface area contributed by atoms with E-state index in [2.05, 4.69) is 15.5 Å². The summed E-state index contributed by atoms with van der Waals surface area (Å²) in [5.74, 6) is 1.93. The summed E-state index contributed by atoms with van der Waals surface area (Å²) < 4.78 is 18.6. The average molecular weight is 520 g/mol. The lowest BCUT2D eigenvalue weighted by Gasteiger charge is -2.28. The Balaban J connectivity index is 1.23. The second-order valence-corrected chi connectivity index (χ2v) is 9.68. The van der Waals surface area contributed by atoms with Crippen LogP contribution >= 0.6 is 0 Å². The molecule has 0 bridgehead atoms. The van der Waals surface area contributed by atoms with Gasteiger partial charge in [0.1, 0.15) is 5.75 Å². The number of amides is 2. The molecule has 10 nitrogen and oxygen atoms in total. The number of tetrazole rings is 1. The van der Waals surface area contributed by atoms with Crippen molar-refractivity contribution in [3.63, 3.8) is 0 Å². The van der Waals surface area contributed by atoms with Crippen molar-refractivity contribution in [2.45, 2.75) is 63.8 Å². The second-order valence-electron chi connectivity index (χ2n) is 9.68. The highest BCUT2D eigenvalue weighted by Gasteiger charge is 2.31. The van der Waals surface area contributed by atoms with Crippen LogP contribution in [-0.2, 0) is 17.6 Å². The number of ether oxygens (including phenoxy) is 3. The third-order valence-corrected chi connectivity index (χ3v) is 7.28. The molecular formula is C28H33N5O5. The number of aromatic nitrogens is 4. The number of anilines is 1. The van der Waals surface area contributed by atoms with E-state index in [4.69, 9.17) is 14.2 Å². The molecule has 0 spiro atoms. The number of aryl methyl sites for hydroxylation is 2. The predicted octanol–water partition coefficient (Wildman–Crippen LogP) is 4.33. The minimum atomic E-state index is -0.402. The molecule has 1 aliphatic heterocycles. The number of hydrogen-bond acceptors (Lipinski definition) is 8. The second kappa shape index (κ2) is 11.6. The molecule has 0 saturated heterocycles. The summed E-state index contributed by atoms with van der Waals surface area (Å²) in [7, 11) is 3.04. The minimum absolute atomic E-state index is 0.235. The van der Waals surface area contributed by atoms with Crippen LogP contribution in [0.2, 0.25) is 0 Å². The molecule has 1 aromatic heterocycles. The number of hydrogen-bond donors (Lipinski definition) is 0. The maximum atomic E-state index is 13.4. The van der Waals surface area contributed by atoms with Gasteiger partial charge in [-0.3, -0.25) is 9.59 Å². The number of fused-ring (bicyclic) bond motifs is 1. The van der Waals surface area contributed by atoms with Gasteiger partial charge in [0.15, 0.2) is 17.3 Å². The van der Waals surface area contributed by atoms with Crippen molar-refractivity contribution < 1.29 is 23.8 Å². The lowest BCUT2D eigenvalue weighted by atomic mass is 9.95. The van der Waals surface area contributed by atoms with E-state index < -0.39 is 5.91 Å². The Bertz CT molecular complexity index is 1300. The SMILES string of the molecule is COc1ccc(C(=O)N2C(=O)CCc3cc(OCCCc4nnnn4C4CCCCC4)ccc32)cc1OC. The first-order chi connectivity index (χ1) is 18.6. The molecule has 38 heavy (non-hydrogen) atoms. The van der Waals surface area contributed by atoms with Crippen molar-refractivity contribution in [2.75, 3.05) is 25.7 Å². The highest BCUT2D eigenvalue weighted by atomic mass is 16.5. The van der Waals surface area contributed by atoms with Crippen molar-refractivity contribution in [1.29, 1.82) is 0 Å². The molecule has 0 N–H and O–H groups in total.